The van der Waals surface area contributed by atoms with Gasteiger partial charge in [0.15, 0.2) is 0 Å². The summed E-state index contributed by atoms with van der Waals surface area (Å²) in [4.78, 5) is 11.5. The number of hydrogen-bond donors (Lipinski definition) is 2. The van der Waals surface area contributed by atoms with Crippen molar-refractivity contribution < 1.29 is 4.79 Å². The number of allylic oxidation sites excluding steroid dienone is 3. The fourth-order valence-electron chi connectivity index (χ4n) is 1.17. The molecule has 0 heterocycles. The molecule has 0 atom stereocenters. The Balaban J connectivity index is 2.55. The van der Waals surface area contributed by atoms with Crippen LogP contribution in [0.4, 0.5) is 5.69 Å². The number of nitrogens with one attached hydrogen (secondary N) is 2. The molecule has 1 aromatic rings. The third-order valence-electron chi connectivity index (χ3n) is 2.33. The van der Waals surface area contributed by atoms with E-state index in [0.717, 1.165) is 5.69 Å². The second-order valence-electron chi connectivity index (χ2n) is 3.55. The highest BCUT2D eigenvalue weighted by atomic mass is 16.1. The van der Waals surface area contributed by atoms with Crippen molar-refractivity contribution in [3.05, 3.63) is 54.3 Å². The number of benzene rings is 1. The zero-order valence-electron chi connectivity index (χ0n) is 10.0. The Morgan fingerprint density at radius 2 is 1.94 bits per heavy atom. The first-order valence-corrected chi connectivity index (χ1v) is 5.39. The van der Waals surface area contributed by atoms with Gasteiger partial charge in [-0.1, -0.05) is 24.3 Å². The number of carbonyl (C=O) groups excluding carboxylic acids is 1. The topological polar surface area (TPSA) is 53.0 Å². The lowest BCUT2D eigenvalue weighted by Gasteiger charge is -2.00. The minimum Gasteiger partial charge on any atom is -0.362 e. The normalized spacial score (nSPS) is 11.5. The van der Waals surface area contributed by atoms with Crippen LogP contribution in [0.25, 0.3) is 0 Å². The van der Waals surface area contributed by atoms with Gasteiger partial charge in [-0.05, 0) is 31.6 Å². The van der Waals surface area contributed by atoms with Crippen LogP contribution >= 0.6 is 0 Å². The Labute approximate surface area is 101 Å². The molecule has 0 unspecified atom stereocenters. The molecule has 0 saturated carbocycles. The van der Waals surface area contributed by atoms with Crippen molar-refractivity contribution in [1.82, 2.24) is 0 Å². The molecule has 0 aromatic heterocycles. The quantitative estimate of drug-likeness (QED) is 0.600. The number of hydrogen-bond acceptors (Lipinski definition) is 3. The number of anilines is 1. The van der Waals surface area contributed by atoms with Crippen LogP contribution in [-0.2, 0) is 4.79 Å². The van der Waals surface area contributed by atoms with Gasteiger partial charge in [0, 0.05) is 18.0 Å². The second kappa shape index (κ2) is 6.43. The maximum atomic E-state index is 11.5. The molecule has 0 aliphatic heterocycles. The van der Waals surface area contributed by atoms with E-state index in [1.165, 1.54) is 6.08 Å². The van der Waals surface area contributed by atoms with Crippen molar-refractivity contribution in [3.63, 3.8) is 0 Å². The van der Waals surface area contributed by atoms with Gasteiger partial charge in [0.05, 0.1) is 0 Å². The van der Waals surface area contributed by atoms with Gasteiger partial charge in [0.25, 0.3) is 0 Å². The second-order valence-corrected chi connectivity index (χ2v) is 3.55. The summed E-state index contributed by atoms with van der Waals surface area (Å²) in [6.45, 7) is 3.56. The Hall–Kier alpha value is -2.16. The van der Waals surface area contributed by atoms with Crippen LogP contribution in [0, 0.1) is 5.41 Å². The molecule has 3 nitrogen and oxygen atoms in total. The number of carbonyl (C=O) groups is 1. The molecule has 0 fully saturated rings. The first-order chi connectivity index (χ1) is 8.15. The fraction of sp³-hybridized carbons (Fsp3) is 0.143. The molecule has 0 amide bonds. The van der Waals surface area contributed by atoms with Gasteiger partial charge < -0.3 is 5.32 Å². The SMILES string of the molecule is C/C=C(\C)C(=N)C(=O)/C=C\Nc1ccccc1. The lowest BCUT2D eigenvalue weighted by atomic mass is 10.1. The van der Waals surface area contributed by atoms with E-state index in [1.54, 1.807) is 19.2 Å². The Morgan fingerprint density at radius 3 is 2.53 bits per heavy atom. The summed E-state index contributed by atoms with van der Waals surface area (Å²) < 4.78 is 0. The average Bonchev–Trinajstić information content (AvgIpc) is 2.38. The van der Waals surface area contributed by atoms with Gasteiger partial charge in [0.1, 0.15) is 5.71 Å². The molecule has 0 aliphatic carbocycles. The van der Waals surface area contributed by atoms with Crippen molar-refractivity contribution in [3.8, 4) is 0 Å². The van der Waals surface area contributed by atoms with Crippen molar-refractivity contribution >= 4 is 17.2 Å². The molecular formula is C14H16N2O. The standard InChI is InChI=1S/C14H16N2O/c1-3-11(2)14(15)13(17)9-10-16-12-7-5-4-6-8-12/h3-10,15-16H,1-2H3/b10-9-,11-3+,15-14?. The van der Waals surface area contributed by atoms with E-state index >= 15 is 0 Å². The molecule has 2 N–H and O–H groups in total. The van der Waals surface area contributed by atoms with Crippen molar-refractivity contribution in [2.75, 3.05) is 5.32 Å². The average molecular weight is 228 g/mol. The van der Waals surface area contributed by atoms with Gasteiger partial charge in [0.2, 0.25) is 5.78 Å². The molecule has 17 heavy (non-hydrogen) atoms. The highest BCUT2D eigenvalue weighted by Gasteiger charge is 2.06. The molecule has 1 rings (SSSR count). The minimum atomic E-state index is -0.302. The highest BCUT2D eigenvalue weighted by molar-refractivity contribution is 6.48. The van der Waals surface area contributed by atoms with Crippen LogP contribution in [0.5, 0.6) is 0 Å². The summed E-state index contributed by atoms with van der Waals surface area (Å²) in [7, 11) is 0. The Morgan fingerprint density at radius 1 is 1.29 bits per heavy atom. The summed E-state index contributed by atoms with van der Waals surface area (Å²) >= 11 is 0. The third kappa shape index (κ3) is 4.07. The summed E-state index contributed by atoms with van der Waals surface area (Å²) in [5.74, 6) is -0.302. The Kier molecular flexibility index (Phi) is 4.88. The molecule has 0 aliphatic rings. The van der Waals surface area contributed by atoms with Crippen LogP contribution in [0.1, 0.15) is 13.8 Å². The molecule has 3 heteroatoms. The summed E-state index contributed by atoms with van der Waals surface area (Å²) in [6.07, 6.45) is 4.66. The highest BCUT2D eigenvalue weighted by Crippen LogP contribution is 2.04. The van der Waals surface area contributed by atoms with Crippen molar-refractivity contribution in [2.45, 2.75) is 13.8 Å². The van der Waals surface area contributed by atoms with Crippen LogP contribution in [-0.4, -0.2) is 11.5 Å². The number of ketones is 1. The maximum absolute atomic E-state index is 11.5. The van der Waals surface area contributed by atoms with E-state index in [1.807, 2.05) is 37.3 Å². The van der Waals surface area contributed by atoms with E-state index in [9.17, 15) is 4.79 Å². The first kappa shape index (κ1) is 12.9. The lowest BCUT2D eigenvalue weighted by Crippen LogP contribution is -2.11. The minimum absolute atomic E-state index is 0.0265. The largest absolute Gasteiger partial charge is 0.362 e. The monoisotopic (exact) mass is 228 g/mol. The zero-order chi connectivity index (χ0) is 12.7. The van der Waals surface area contributed by atoms with Gasteiger partial charge in [-0.3, -0.25) is 10.2 Å². The van der Waals surface area contributed by atoms with Crippen molar-refractivity contribution in [1.29, 1.82) is 5.41 Å². The third-order valence-corrected chi connectivity index (χ3v) is 2.33. The van der Waals surface area contributed by atoms with Gasteiger partial charge in [-0.15, -0.1) is 0 Å². The molecule has 0 spiro atoms. The van der Waals surface area contributed by atoms with Crippen LogP contribution in [0.2, 0.25) is 0 Å². The van der Waals surface area contributed by atoms with Gasteiger partial charge >= 0.3 is 0 Å². The van der Waals surface area contributed by atoms with Crippen LogP contribution < -0.4 is 5.32 Å². The first-order valence-electron chi connectivity index (χ1n) is 5.39. The van der Waals surface area contributed by atoms with Crippen LogP contribution in [0.15, 0.2) is 54.3 Å². The summed E-state index contributed by atoms with van der Waals surface area (Å²) in [6, 6.07) is 9.54. The molecule has 1 aromatic carbocycles. The smallest absolute Gasteiger partial charge is 0.205 e. The predicted octanol–water partition coefficient (Wildman–Crippen LogP) is 3.17. The van der Waals surface area contributed by atoms with E-state index in [-0.39, 0.29) is 11.5 Å². The number of rotatable bonds is 5. The van der Waals surface area contributed by atoms with E-state index in [4.69, 9.17) is 5.41 Å². The molecule has 0 radical (unpaired) electrons. The maximum Gasteiger partial charge on any atom is 0.205 e. The van der Waals surface area contributed by atoms with Crippen molar-refractivity contribution in [2.24, 2.45) is 0 Å². The van der Waals surface area contributed by atoms with E-state index < -0.39 is 0 Å². The summed E-state index contributed by atoms with van der Waals surface area (Å²) in [5, 5.41) is 10.6. The van der Waals surface area contributed by atoms with Gasteiger partial charge in [-0.25, -0.2) is 0 Å². The van der Waals surface area contributed by atoms with E-state index in [0.29, 0.717) is 5.57 Å². The number of para-hydroxylation sites is 1. The van der Waals surface area contributed by atoms with Crippen LogP contribution in [0.3, 0.4) is 0 Å². The molecule has 0 saturated heterocycles. The summed E-state index contributed by atoms with van der Waals surface area (Å²) in [5.41, 5.74) is 1.61. The molecule has 88 valence electrons. The lowest BCUT2D eigenvalue weighted by molar-refractivity contribution is -0.108. The zero-order valence-corrected chi connectivity index (χ0v) is 10.0. The predicted molar refractivity (Wildman–Crippen MR) is 71.4 cm³/mol. The van der Waals surface area contributed by atoms with E-state index in [2.05, 4.69) is 5.32 Å². The fourth-order valence-corrected chi connectivity index (χ4v) is 1.17. The van der Waals surface area contributed by atoms with Gasteiger partial charge in [-0.2, -0.15) is 0 Å². The molecular weight excluding hydrogens is 212 g/mol. The Bertz CT molecular complexity index is 458. The molecule has 0 bridgehead atoms.